The second-order valence-corrected chi connectivity index (χ2v) is 11.7. The quantitative estimate of drug-likeness (QED) is 0.149. The Morgan fingerprint density at radius 1 is 0.947 bits per heavy atom. The van der Waals surface area contributed by atoms with Crippen LogP contribution in [0.4, 0.5) is 5.69 Å². The van der Waals surface area contributed by atoms with Gasteiger partial charge in [-0.3, -0.25) is 9.69 Å². The van der Waals surface area contributed by atoms with E-state index in [0.29, 0.717) is 51.3 Å². The van der Waals surface area contributed by atoms with Gasteiger partial charge in [-0.15, -0.1) is 0 Å². The van der Waals surface area contributed by atoms with Gasteiger partial charge in [-0.05, 0) is 72.0 Å². The number of thiocarbonyl (C=S) groups is 1. The summed E-state index contributed by atoms with van der Waals surface area (Å²) in [6, 6.07) is 20.8. The molecule has 1 heterocycles. The van der Waals surface area contributed by atoms with Crippen LogP contribution in [0.1, 0.15) is 38.8 Å². The lowest BCUT2D eigenvalue weighted by Gasteiger charge is -2.19. The van der Waals surface area contributed by atoms with Crippen molar-refractivity contribution < 1.29 is 19.0 Å². The minimum Gasteiger partial charge on any atom is -0.490 e. The van der Waals surface area contributed by atoms with Gasteiger partial charge in [0, 0.05) is 5.02 Å². The van der Waals surface area contributed by atoms with Gasteiger partial charge in [0.2, 0.25) is 0 Å². The minimum atomic E-state index is -0.187. The van der Waals surface area contributed by atoms with Crippen molar-refractivity contribution in [1.82, 2.24) is 0 Å². The number of anilines is 1. The number of hydrogen-bond donors (Lipinski definition) is 0. The summed E-state index contributed by atoms with van der Waals surface area (Å²) in [7, 11) is 0. The van der Waals surface area contributed by atoms with Crippen LogP contribution in [0.25, 0.3) is 6.08 Å². The fraction of sp³-hybridized carbons (Fsp3) is 0.267. The maximum atomic E-state index is 13.1. The molecule has 4 rings (SSSR count). The van der Waals surface area contributed by atoms with Crippen LogP contribution in [0, 0.1) is 0 Å². The van der Waals surface area contributed by atoms with Crippen LogP contribution in [-0.2, 0) is 10.2 Å². The van der Waals surface area contributed by atoms with E-state index in [1.807, 2.05) is 43.3 Å². The highest BCUT2D eigenvalue weighted by Gasteiger charge is 2.33. The van der Waals surface area contributed by atoms with Crippen LogP contribution < -0.4 is 19.1 Å². The fourth-order valence-electron chi connectivity index (χ4n) is 3.82. The van der Waals surface area contributed by atoms with Crippen molar-refractivity contribution in [3.63, 3.8) is 0 Å². The van der Waals surface area contributed by atoms with Crippen LogP contribution in [0.3, 0.4) is 0 Å². The summed E-state index contributed by atoms with van der Waals surface area (Å²) in [5.41, 5.74) is 2.82. The smallest absolute Gasteiger partial charge is 0.270 e. The van der Waals surface area contributed by atoms with Crippen molar-refractivity contribution in [3.8, 4) is 17.2 Å². The normalized spacial score (nSPS) is 14.8. The van der Waals surface area contributed by atoms with Gasteiger partial charge in [-0.2, -0.15) is 0 Å². The molecule has 0 saturated carbocycles. The maximum Gasteiger partial charge on any atom is 0.270 e. The summed E-state index contributed by atoms with van der Waals surface area (Å²) in [5.74, 6) is 1.83. The summed E-state index contributed by atoms with van der Waals surface area (Å²) >= 11 is 12.8. The first-order valence-corrected chi connectivity index (χ1v) is 13.9. The Labute approximate surface area is 238 Å². The zero-order valence-corrected chi connectivity index (χ0v) is 24.2. The molecular weight excluding hydrogens is 538 g/mol. The molecule has 8 heteroatoms. The number of nitrogens with zero attached hydrogens (tertiary/aromatic N) is 1. The van der Waals surface area contributed by atoms with Gasteiger partial charge in [0.1, 0.15) is 19.0 Å². The van der Waals surface area contributed by atoms with Gasteiger partial charge in [-0.25, -0.2) is 0 Å². The Morgan fingerprint density at radius 2 is 1.68 bits per heavy atom. The van der Waals surface area contributed by atoms with Crippen molar-refractivity contribution in [2.45, 2.75) is 33.1 Å². The number of carbonyl (C=O) groups is 1. The first-order chi connectivity index (χ1) is 18.2. The van der Waals surface area contributed by atoms with Gasteiger partial charge in [0.25, 0.3) is 5.91 Å². The third kappa shape index (κ3) is 6.90. The molecule has 5 nitrogen and oxygen atoms in total. The highest BCUT2D eigenvalue weighted by molar-refractivity contribution is 8.27. The van der Waals surface area contributed by atoms with Crippen molar-refractivity contribution >= 4 is 57.6 Å². The van der Waals surface area contributed by atoms with Gasteiger partial charge >= 0.3 is 0 Å². The second-order valence-electron chi connectivity index (χ2n) is 9.61. The first-order valence-electron chi connectivity index (χ1n) is 12.3. The highest BCUT2D eigenvalue weighted by Crippen LogP contribution is 2.38. The molecule has 198 valence electrons. The largest absolute Gasteiger partial charge is 0.490 e. The molecule has 3 aromatic rings. The molecule has 0 N–H and O–H groups in total. The van der Waals surface area contributed by atoms with Gasteiger partial charge in [0.15, 0.2) is 15.8 Å². The summed E-state index contributed by atoms with van der Waals surface area (Å²) in [6.07, 6.45) is 1.81. The maximum absolute atomic E-state index is 13.1. The average molecular weight is 568 g/mol. The van der Waals surface area contributed by atoms with E-state index in [4.69, 9.17) is 38.0 Å². The summed E-state index contributed by atoms with van der Waals surface area (Å²) in [4.78, 5) is 15.1. The summed E-state index contributed by atoms with van der Waals surface area (Å²) < 4.78 is 18.1. The molecule has 1 aliphatic heterocycles. The molecule has 0 spiro atoms. The van der Waals surface area contributed by atoms with Crippen molar-refractivity contribution in [3.05, 3.63) is 87.8 Å². The third-order valence-electron chi connectivity index (χ3n) is 5.76. The number of rotatable bonds is 9. The summed E-state index contributed by atoms with van der Waals surface area (Å²) in [6.45, 7) is 9.70. The SMILES string of the molecule is CCOc1cc(/C=C2/SC(=S)N(c3cccc(Cl)c3)C2=O)ccc1OCCOc1ccc(C(C)(C)C)cc1. The van der Waals surface area contributed by atoms with Crippen LogP contribution in [0.2, 0.25) is 5.02 Å². The third-order valence-corrected chi connectivity index (χ3v) is 7.29. The molecule has 3 aromatic carbocycles. The Kier molecular flexibility index (Phi) is 9.03. The second kappa shape index (κ2) is 12.2. The molecule has 0 bridgehead atoms. The molecule has 38 heavy (non-hydrogen) atoms. The fourth-order valence-corrected chi connectivity index (χ4v) is 5.30. The molecule has 1 saturated heterocycles. The standard InChI is InChI=1S/C30H30ClNO4S2/c1-5-34-26-17-20(18-27-28(33)32(29(37)38-27)23-8-6-7-22(31)19-23)9-14-25(26)36-16-15-35-24-12-10-21(11-13-24)30(2,3)4/h6-14,17-19H,5,15-16H2,1-4H3/b27-18+. The molecule has 0 aliphatic carbocycles. The lowest BCUT2D eigenvalue weighted by atomic mass is 9.87. The molecule has 1 fully saturated rings. The molecule has 0 radical (unpaired) electrons. The van der Waals surface area contributed by atoms with Crippen molar-refractivity contribution in [1.29, 1.82) is 0 Å². The van der Waals surface area contributed by atoms with Crippen LogP contribution in [0.5, 0.6) is 17.2 Å². The highest BCUT2D eigenvalue weighted by atomic mass is 35.5. The average Bonchev–Trinajstić information content (AvgIpc) is 3.15. The number of ether oxygens (including phenoxy) is 3. The van der Waals surface area contributed by atoms with Crippen LogP contribution in [0.15, 0.2) is 71.6 Å². The lowest BCUT2D eigenvalue weighted by molar-refractivity contribution is -0.113. The lowest BCUT2D eigenvalue weighted by Crippen LogP contribution is -2.27. The van der Waals surface area contributed by atoms with E-state index in [0.717, 1.165) is 11.3 Å². The monoisotopic (exact) mass is 567 g/mol. The van der Waals surface area contributed by atoms with E-state index in [1.165, 1.54) is 22.2 Å². The number of amides is 1. The van der Waals surface area contributed by atoms with E-state index < -0.39 is 0 Å². The van der Waals surface area contributed by atoms with Crippen molar-refractivity contribution in [2.24, 2.45) is 0 Å². The number of halogens is 1. The predicted octanol–water partition coefficient (Wildman–Crippen LogP) is 7.90. The Morgan fingerprint density at radius 3 is 2.37 bits per heavy atom. The molecule has 0 unspecified atom stereocenters. The number of thioether (sulfide) groups is 1. The molecule has 0 atom stereocenters. The number of carbonyl (C=O) groups excluding carboxylic acids is 1. The zero-order chi connectivity index (χ0) is 27.3. The van der Waals surface area contributed by atoms with Gasteiger partial charge in [0.05, 0.1) is 17.2 Å². The predicted molar refractivity (Wildman–Crippen MR) is 161 cm³/mol. The van der Waals surface area contributed by atoms with Crippen LogP contribution in [-0.4, -0.2) is 30.0 Å². The first kappa shape index (κ1) is 28.0. The minimum absolute atomic E-state index is 0.102. The van der Waals surface area contributed by atoms with E-state index >= 15 is 0 Å². The Balaban J connectivity index is 1.40. The Hall–Kier alpha value is -3.00. The molecule has 0 aromatic heterocycles. The van der Waals surface area contributed by atoms with E-state index in [1.54, 1.807) is 24.3 Å². The topological polar surface area (TPSA) is 48.0 Å². The van der Waals surface area contributed by atoms with Gasteiger partial charge < -0.3 is 14.2 Å². The molecule has 1 aliphatic rings. The Bertz CT molecular complexity index is 1350. The number of hydrogen-bond acceptors (Lipinski definition) is 6. The zero-order valence-electron chi connectivity index (χ0n) is 21.8. The van der Waals surface area contributed by atoms with E-state index in [2.05, 4.69) is 32.9 Å². The van der Waals surface area contributed by atoms with Crippen molar-refractivity contribution in [2.75, 3.05) is 24.7 Å². The summed E-state index contributed by atoms with van der Waals surface area (Å²) in [5, 5.41) is 0.543. The van der Waals surface area contributed by atoms with Crippen LogP contribution >= 0.6 is 35.6 Å². The van der Waals surface area contributed by atoms with Gasteiger partial charge in [-0.1, -0.05) is 80.6 Å². The van der Waals surface area contributed by atoms with E-state index in [-0.39, 0.29) is 11.3 Å². The van der Waals surface area contributed by atoms with E-state index in [9.17, 15) is 4.79 Å². The molecule has 1 amide bonds. The number of benzene rings is 3. The molecular formula is C30H30ClNO4S2.